The summed E-state index contributed by atoms with van der Waals surface area (Å²) < 4.78 is 17.5. The van der Waals surface area contributed by atoms with Crippen LogP contribution < -0.4 is 14.8 Å². The summed E-state index contributed by atoms with van der Waals surface area (Å²) in [4.78, 5) is 0. The quantitative estimate of drug-likeness (QED) is 0.899. The Morgan fingerprint density at radius 2 is 1.92 bits per heavy atom. The molecule has 2 aliphatic heterocycles. The van der Waals surface area contributed by atoms with E-state index in [-0.39, 0.29) is 11.6 Å². The number of rotatable bonds is 4. The molecule has 0 radical (unpaired) electrons. The van der Waals surface area contributed by atoms with Crippen molar-refractivity contribution in [2.75, 3.05) is 27.4 Å². The van der Waals surface area contributed by atoms with Crippen molar-refractivity contribution in [3.05, 3.63) is 59.7 Å². The van der Waals surface area contributed by atoms with Crippen LogP contribution in [0.1, 0.15) is 42.3 Å². The Bertz CT molecular complexity index is 748. The second-order valence-corrected chi connectivity index (χ2v) is 7.29. The van der Waals surface area contributed by atoms with Crippen LogP contribution in [0.15, 0.2) is 48.5 Å². The second kappa shape index (κ2) is 7.29. The lowest BCUT2D eigenvalue weighted by molar-refractivity contribution is -0.0484. The number of ether oxygens (including phenoxy) is 3. The van der Waals surface area contributed by atoms with Crippen LogP contribution in [0.5, 0.6) is 11.5 Å². The average Bonchev–Trinajstić information content (AvgIpc) is 3.12. The summed E-state index contributed by atoms with van der Waals surface area (Å²) in [7, 11) is 3.40. The molecule has 1 spiro atoms. The maximum atomic E-state index is 6.52. The Morgan fingerprint density at radius 1 is 1.08 bits per heavy atom. The molecule has 2 aliphatic rings. The minimum absolute atomic E-state index is 0.144. The number of methoxy groups -OCH3 is 2. The van der Waals surface area contributed by atoms with Gasteiger partial charge < -0.3 is 19.5 Å². The number of nitrogens with one attached hydrogen (secondary N) is 1. The van der Waals surface area contributed by atoms with Gasteiger partial charge in [0.05, 0.1) is 32.5 Å². The van der Waals surface area contributed by atoms with Crippen LogP contribution in [0.3, 0.4) is 0 Å². The Balaban J connectivity index is 1.62. The van der Waals surface area contributed by atoms with Crippen molar-refractivity contribution >= 4 is 0 Å². The van der Waals surface area contributed by atoms with Gasteiger partial charge in [-0.05, 0) is 43.0 Å². The highest BCUT2D eigenvalue weighted by atomic mass is 16.5. The van der Waals surface area contributed by atoms with Crippen molar-refractivity contribution in [3.8, 4) is 11.5 Å². The van der Waals surface area contributed by atoms with E-state index < -0.39 is 0 Å². The zero-order valence-corrected chi connectivity index (χ0v) is 15.5. The molecule has 0 aliphatic carbocycles. The van der Waals surface area contributed by atoms with Crippen molar-refractivity contribution in [1.29, 1.82) is 0 Å². The fourth-order valence-electron chi connectivity index (χ4n) is 4.56. The molecule has 2 aromatic rings. The van der Waals surface area contributed by atoms with Crippen LogP contribution in [0.2, 0.25) is 0 Å². The standard InChI is InChI=1S/C22H27NO3/c1-24-18-9-10-19(20(13-18)25-2)17-14-22(26-15-17)11-6-12-23-21(22)16-7-4-3-5-8-16/h3-5,7-10,13,17,21,23H,6,11-12,14-15H2,1-2H3/t17-,21-,22+/m0/s1. The van der Waals surface area contributed by atoms with Crippen LogP contribution in [0.25, 0.3) is 0 Å². The van der Waals surface area contributed by atoms with Gasteiger partial charge in [-0.15, -0.1) is 0 Å². The first-order valence-electron chi connectivity index (χ1n) is 9.40. The molecule has 4 rings (SSSR count). The maximum Gasteiger partial charge on any atom is 0.126 e. The summed E-state index contributed by atoms with van der Waals surface area (Å²) in [5.74, 6) is 2.04. The molecule has 3 atom stereocenters. The largest absolute Gasteiger partial charge is 0.497 e. The Hall–Kier alpha value is -2.04. The third kappa shape index (κ3) is 3.08. The van der Waals surface area contributed by atoms with Gasteiger partial charge in [0, 0.05) is 12.0 Å². The monoisotopic (exact) mass is 353 g/mol. The van der Waals surface area contributed by atoms with Gasteiger partial charge in [0.15, 0.2) is 0 Å². The van der Waals surface area contributed by atoms with Gasteiger partial charge in [0.2, 0.25) is 0 Å². The van der Waals surface area contributed by atoms with Gasteiger partial charge >= 0.3 is 0 Å². The molecule has 0 bridgehead atoms. The zero-order valence-electron chi connectivity index (χ0n) is 15.5. The van der Waals surface area contributed by atoms with E-state index in [1.165, 1.54) is 11.1 Å². The Labute approximate surface area is 155 Å². The van der Waals surface area contributed by atoms with Gasteiger partial charge in [-0.2, -0.15) is 0 Å². The molecule has 2 saturated heterocycles. The molecule has 0 saturated carbocycles. The molecule has 4 nitrogen and oxygen atoms in total. The van der Waals surface area contributed by atoms with Crippen LogP contribution >= 0.6 is 0 Å². The predicted molar refractivity (Wildman–Crippen MR) is 102 cm³/mol. The lowest BCUT2D eigenvalue weighted by atomic mass is 9.77. The first-order chi connectivity index (χ1) is 12.8. The van der Waals surface area contributed by atoms with Crippen LogP contribution in [-0.2, 0) is 4.74 Å². The molecule has 2 fully saturated rings. The molecule has 2 heterocycles. The lowest BCUT2D eigenvalue weighted by Gasteiger charge is -2.41. The van der Waals surface area contributed by atoms with E-state index in [0.717, 1.165) is 43.9 Å². The predicted octanol–water partition coefficient (Wildman–Crippen LogP) is 4.07. The summed E-state index contributed by atoms with van der Waals surface area (Å²) in [6.45, 7) is 1.77. The van der Waals surface area contributed by atoms with E-state index >= 15 is 0 Å². The third-order valence-electron chi connectivity index (χ3n) is 5.83. The van der Waals surface area contributed by atoms with E-state index in [1.807, 2.05) is 12.1 Å². The van der Waals surface area contributed by atoms with Crippen molar-refractivity contribution in [3.63, 3.8) is 0 Å². The highest BCUT2D eigenvalue weighted by Gasteiger charge is 2.49. The van der Waals surface area contributed by atoms with E-state index in [2.05, 4.69) is 41.7 Å². The number of hydrogen-bond acceptors (Lipinski definition) is 4. The van der Waals surface area contributed by atoms with Gasteiger partial charge in [0.25, 0.3) is 0 Å². The molecule has 4 heteroatoms. The topological polar surface area (TPSA) is 39.7 Å². The molecule has 138 valence electrons. The highest BCUT2D eigenvalue weighted by molar-refractivity contribution is 5.43. The summed E-state index contributed by atoms with van der Waals surface area (Å²) in [6, 6.07) is 17.0. The zero-order chi connectivity index (χ0) is 18.0. The van der Waals surface area contributed by atoms with Crippen LogP contribution in [-0.4, -0.2) is 33.0 Å². The Morgan fingerprint density at radius 3 is 2.69 bits per heavy atom. The van der Waals surface area contributed by atoms with Crippen molar-refractivity contribution < 1.29 is 14.2 Å². The molecular formula is C22H27NO3. The fraction of sp³-hybridized carbons (Fsp3) is 0.455. The van der Waals surface area contributed by atoms with E-state index in [1.54, 1.807) is 14.2 Å². The third-order valence-corrected chi connectivity index (χ3v) is 5.83. The molecule has 0 unspecified atom stereocenters. The maximum absolute atomic E-state index is 6.52. The van der Waals surface area contributed by atoms with Crippen LogP contribution in [0.4, 0.5) is 0 Å². The van der Waals surface area contributed by atoms with Gasteiger partial charge in [-0.1, -0.05) is 36.4 Å². The summed E-state index contributed by atoms with van der Waals surface area (Å²) in [5, 5.41) is 3.71. The molecule has 26 heavy (non-hydrogen) atoms. The molecule has 1 N–H and O–H groups in total. The van der Waals surface area contributed by atoms with E-state index in [9.17, 15) is 0 Å². The normalized spacial score (nSPS) is 28.2. The number of piperidine rings is 1. The second-order valence-electron chi connectivity index (χ2n) is 7.29. The number of hydrogen-bond donors (Lipinski definition) is 1. The molecular weight excluding hydrogens is 326 g/mol. The lowest BCUT2D eigenvalue weighted by Crippen LogP contribution is -2.48. The van der Waals surface area contributed by atoms with Gasteiger partial charge in [0.1, 0.15) is 11.5 Å². The minimum Gasteiger partial charge on any atom is -0.497 e. The first kappa shape index (κ1) is 17.4. The average molecular weight is 353 g/mol. The van der Waals surface area contributed by atoms with Gasteiger partial charge in [-0.3, -0.25) is 0 Å². The molecule has 2 aromatic carbocycles. The van der Waals surface area contributed by atoms with Gasteiger partial charge in [-0.25, -0.2) is 0 Å². The molecule has 0 aromatic heterocycles. The SMILES string of the molecule is COc1ccc([C@@H]2CO[C@]3(CCCN[C@H]3c3ccccc3)C2)c(OC)c1. The minimum atomic E-state index is -0.144. The fourth-order valence-corrected chi connectivity index (χ4v) is 4.56. The van der Waals surface area contributed by atoms with Crippen molar-refractivity contribution in [2.45, 2.75) is 36.8 Å². The van der Waals surface area contributed by atoms with Crippen molar-refractivity contribution in [2.24, 2.45) is 0 Å². The van der Waals surface area contributed by atoms with Crippen LogP contribution in [0, 0.1) is 0 Å². The van der Waals surface area contributed by atoms with E-state index in [4.69, 9.17) is 14.2 Å². The molecule has 0 amide bonds. The summed E-state index contributed by atoms with van der Waals surface area (Å²) >= 11 is 0. The first-order valence-corrected chi connectivity index (χ1v) is 9.40. The summed E-state index contributed by atoms with van der Waals surface area (Å²) in [5.41, 5.74) is 2.38. The number of benzene rings is 2. The Kier molecular flexibility index (Phi) is 4.88. The van der Waals surface area contributed by atoms with E-state index in [0.29, 0.717) is 5.92 Å². The smallest absolute Gasteiger partial charge is 0.126 e. The van der Waals surface area contributed by atoms with Crippen molar-refractivity contribution in [1.82, 2.24) is 5.32 Å². The summed E-state index contributed by atoms with van der Waals surface area (Å²) in [6.07, 6.45) is 3.24. The highest BCUT2D eigenvalue weighted by Crippen LogP contribution is 2.49.